The quantitative estimate of drug-likeness (QED) is 0.258. The van der Waals surface area contributed by atoms with E-state index in [1.54, 1.807) is 0 Å². The zero-order chi connectivity index (χ0) is 4.50. The van der Waals surface area contributed by atoms with E-state index in [2.05, 4.69) is 0 Å². The van der Waals surface area contributed by atoms with Gasteiger partial charge in [0, 0.05) is 0 Å². The van der Waals surface area contributed by atoms with Gasteiger partial charge in [0.1, 0.15) is 0 Å². The standard InChI is InChI=1S/Mg.Na.H3O4P.H2O.3H/c;;1-5(2,3)4;;;;/h;;(H3,1,2,3,4);1H2;;;. The third-order valence-electron chi connectivity index (χ3n) is 0. The van der Waals surface area contributed by atoms with Gasteiger partial charge in [0.15, 0.2) is 0 Å². The van der Waals surface area contributed by atoms with Crippen molar-refractivity contribution in [2.24, 2.45) is 0 Å². The topological polar surface area (TPSA) is 109 Å². The zero-order valence-corrected chi connectivity index (χ0v) is 3.59. The summed E-state index contributed by atoms with van der Waals surface area (Å²) in [4.78, 5) is 21.6. The van der Waals surface area contributed by atoms with E-state index in [0.717, 1.165) is 0 Å². The second-order valence-corrected chi connectivity index (χ2v) is 1.54. The van der Waals surface area contributed by atoms with Crippen LogP contribution in [0, 0.1) is 0 Å². The SMILES string of the molecule is O.O=P(O)(O)O.[MgH2].[NaH]. The molecule has 5 nitrogen and oxygen atoms in total. The van der Waals surface area contributed by atoms with Crippen molar-refractivity contribution >= 4 is 60.4 Å². The van der Waals surface area contributed by atoms with Crippen LogP contribution in [0.15, 0.2) is 0 Å². The molecule has 0 heterocycles. The molecule has 0 aliphatic carbocycles. The summed E-state index contributed by atoms with van der Waals surface area (Å²) in [5.41, 5.74) is 0. The first-order valence-corrected chi connectivity index (χ1v) is 2.35. The molecule has 0 rings (SSSR count). The third kappa shape index (κ3) is 109. The Morgan fingerprint density at radius 1 is 1.12 bits per heavy atom. The maximum atomic E-state index is 8.88. The van der Waals surface area contributed by atoms with Crippen LogP contribution in [0.4, 0.5) is 0 Å². The summed E-state index contributed by atoms with van der Waals surface area (Å²) in [7, 11) is -4.64. The van der Waals surface area contributed by atoms with Gasteiger partial charge in [-0.2, -0.15) is 0 Å². The molecule has 0 aromatic heterocycles. The summed E-state index contributed by atoms with van der Waals surface area (Å²) in [6, 6.07) is 0. The Balaban J connectivity index is -0.0000000267. The Hall–Kier alpha value is 1.84. The van der Waals surface area contributed by atoms with E-state index < -0.39 is 7.82 Å². The van der Waals surface area contributed by atoms with Crippen LogP contribution in [0.3, 0.4) is 0 Å². The molecule has 0 spiro atoms. The third-order valence-corrected chi connectivity index (χ3v) is 0. The molecule has 0 unspecified atom stereocenters. The van der Waals surface area contributed by atoms with E-state index in [9.17, 15) is 0 Å². The van der Waals surface area contributed by atoms with E-state index in [1.807, 2.05) is 0 Å². The van der Waals surface area contributed by atoms with Gasteiger partial charge in [-0.05, 0) is 0 Å². The van der Waals surface area contributed by atoms with E-state index in [-0.39, 0.29) is 58.1 Å². The first-order valence-electron chi connectivity index (χ1n) is 0.783. The maximum absolute atomic E-state index is 8.88. The van der Waals surface area contributed by atoms with Gasteiger partial charge < -0.3 is 20.2 Å². The van der Waals surface area contributed by atoms with Crippen molar-refractivity contribution in [1.82, 2.24) is 0 Å². The molecule has 0 aromatic carbocycles. The minimum absolute atomic E-state index is 0. The summed E-state index contributed by atoms with van der Waals surface area (Å²) in [5, 5.41) is 0. The normalized spacial score (nSPS) is 7.38. The van der Waals surface area contributed by atoms with Crippen LogP contribution in [0.2, 0.25) is 0 Å². The van der Waals surface area contributed by atoms with Crippen molar-refractivity contribution in [3.63, 3.8) is 0 Å². The molecular weight excluding hydrogens is 158 g/mol. The van der Waals surface area contributed by atoms with Gasteiger partial charge in [-0.3, -0.25) is 0 Å². The monoisotopic (exact) mass is 166 g/mol. The van der Waals surface area contributed by atoms with Gasteiger partial charge >= 0.3 is 60.4 Å². The molecule has 0 fully saturated rings. The summed E-state index contributed by atoms with van der Waals surface area (Å²) in [6.07, 6.45) is 0. The molecule has 0 amide bonds. The average molecular weight is 166 g/mol. The minimum atomic E-state index is -4.64. The van der Waals surface area contributed by atoms with E-state index in [0.29, 0.717) is 0 Å². The van der Waals surface area contributed by atoms with Gasteiger partial charge in [0.2, 0.25) is 0 Å². The number of rotatable bonds is 0. The molecule has 0 radical (unpaired) electrons. The molecule has 0 atom stereocenters. The van der Waals surface area contributed by atoms with E-state index in [1.165, 1.54) is 0 Å². The second-order valence-electron chi connectivity index (χ2n) is 0.513. The molecule has 0 saturated heterocycles. The molecule has 0 bridgehead atoms. The summed E-state index contributed by atoms with van der Waals surface area (Å²) >= 11 is 0. The Morgan fingerprint density at radius 3 is 1.12 bits per heavy atom. The van der Waals surface area contributed by atoms with Crippen molar-refractivity contribution in [2.75, 3.05) is 0 Å². The summed E-state index contributed by atoms with van der Waals surface area (Å²) in [5.74, 6) is 0. The first-order chi connectivity index (χ1) is 2.00. The molecule has 0 aromatic rings. The predicted molar refractivity (Wildman–Crippen MR) is 33.6 cm³/mol. The first kappa shape index (κ1) is 22.5. The molecule has 46 valence electrons. The van der Waals surface area contributed by atoms with E-state index >= 15 is 0 Å². The molecule has 0 aliphatic heterocycles. The summed E-state index contributed by atoms with van der Waals surface area (Å²) < 4.78 is 8.88. The van der Waals surface area contributed by atoms with Crippen LogP contribution < -0.4 is 0 Å². The molecule has 5 N–H and O–H groups in total. The zero-order valence-electron chi connectivity index (χ0n) is 2.70. The van der Waals surface area contributed by atoms with Crippen molar-refractivity contribution in [3.8, 4) is 0 Å². The fourth-order valence-electron chi connectivity index (χ4n) is 0. The van der Waals surface area contributed by atoms with Crippen LogP contribution in [0.5, 0.6) is 0 Å². The van der Waals surface area contributed by atoms with Crippen molar-refractivity contribution < 1.29 is 24.7 Å². The Kier molecular flexibility index (Phi) is 24.9. The van der Waals surface area contributed by atoms with Crippen molar-refractivity contribution in [3.05, 3.63) is 0 Å². The average Bonchev–Trinajstić information content (AvgIpc) is 0.722. The van der Waals surface area contributed by atoms with Gasteiger partial charge in [0.25, 0.3) is 0 Å². The fourth-order valence-corrected chi connectivity index (χ4v) is 0. The van der Waals surface area contributed by atoms with Gasteiger partial charge in [-0.1, -0.05) is 0 Å². The Labute approximate surface area is 84.5 Å². The van der Waals surface area contributed by atoms with E-state index in [4.69, 9.17) is 19.2 Å². The van der Waals surface area contributed by atoms with Gasteiger partial charge in [-0.15, -0.1) is 0 Å². The molecule has 0 saturated carbocycles. The molecule has 8 heavy (non-hydrogen) atoms. The van der Waals surface area contributed by atoms with Crippen molar-refractivity contribution in [2.45, 2.75) is 0 Å². The molecular formula is H8MgNaO5P. The van der Waals surface area contributed by atoms with Gasteiger partial charge in [-0.25, -0.2) is 4.57 Å². The predicted octanol–water partition coefficient (Wildman–Crippen LogP) is -3.32. The van der Waals surface area contributed by atoms with Crippen LogP contribution >= 0.6 is 7.82 Å². The van der Waals surface area contributed by atoms with Crippen LogP contribution in [-0.2, 0) is 4.57 Å². The van der Waals surface area contributed by atoms with Gasteiger partial charge in [0.05, 0.1) is 0 Å². The second kappa shape index (κ2) is 8.84. The number of hydrogen-bond acceptors (Lipinski definition) is 1. The Morgan fingerprint density at radius 2 is 1.12 bits per heavy atom. The fraction of sp³-hybridized carbons (Fsp3) is 0. The number of hydrogen-bond donors (Lipinski definition) is 3. The summed E-state index contributed by atoms with van der Waals surface area (Å²) in [6.45, 7) is 0. The molecule has 0 aliphatic rings. The van der Waals surface area contributed by atoms with Crippen LogP contribution in [-0.4, -0.2) is 72.8 Å². The molecule has 8 heteroatoms. The van der Waals surface area contributed by atoms with Crippen LogP contribution in [0.1, 0.15) is 0 Å². The number of phosphoric acid groups is 1. The Bertz CT molecular complexity index is 58.6. The van der Waals surface area contributed by atoms with Crippen molar-refractivity contribution in [1.29, 1.82) is 0 Å². The van der Waals surface area contributed by atoms with Crippen LogP contribution in [0.25, 0.3) is 0 Å².